The second kappa shape index (κ2) is 4.85. The van der Waals surface area contributed by atoms with E-state index >= 15 is 0 Å². The van der Waals surface area contributed by atoms with E-state index in [1.807, 2.05) is 30.2 Å². The average Bonchev–Trinajstić information content (AvgIpc) is 2.73. The highest BCUT2D eigenvalue weighted by Crippen LogP contribution is 2.19. The van der Waals surface area contributed by atoms with E-state index in [0.29, 0.717) is 0 Å². The Labute approximate surface area is 94.5 Å². The normalized spacial score (nSPS) is 12.6. The number of rotatable bonds is 4. The summed E-state index contributed by atoms with van der Waals surface area (Å²) in [5, 5.41) is 7.58. The molecule has 16 heavy (non-hydrogen) atoms. The summed E-state index contributed by atoms with van der Waals surface area (Å²) in [7, 11) is 1.93. The molecule has 2 aromatic heterocycles. The summed E-state index contributed by atoms with van der Waals surface area (Å²) < 4.78 is 1.86. The summed E-state index contributed by atoms with van der Waals surface area (Å²) in [4.78, 5) is 8.09. The van der Waals surface area contributed by atoms with E-state index in [2.05, 4.69) is 27.3 Å². The molecule has 5 heteroatoms. The molecule has 84 valence electrons. The molecule has 0 fully saturated rings. The molecule has 0 bridgehead atoms. The van der Waals surface area contributed by atoms with Crippen molar-refractivity contribution in [1.29, 1.82) is 0 Å². The van der Waals surface area contributed by atoms with E-state index in [1.54, 1.807) is 6.20 Å². The minimum Gasteiger partial charge on any atom is -0.305 e. The minimum absolute atomic E-state index is 0.0960. The van der Waals surface area contributed by atoms with Gasteiger partial charge in [0.15, 0.2) is 0 Å². The van der Waals surface area contributed by atoms with E-state index in [4.69, 9.17) is 0 Å². The van der Waals surface area contributed by atoms with Gasteiger partial charge in [-0.25, -0.2) is 9.97 Å². The van der Waals surface area contributed by atoms with Crippen LogP contribution in [0.15, 0.2) is 31.0 Å². The van der Waals surface area contributed by atoms with Crippen LogP contribution in [-0.2, 0) is 7.05 Å². The second-order valence-corrected chi connectivity index (χ2v) is 3.54. The maximum atomic E-state index is 4.18. The van der Waals surface area contributed by atoms with Crippen LogP contribution in [0.25, 0.3) is 0 Å². The standard InChI is InChI=1S/C11H15N5/c1-3-14-11(9-6-12-8-13-7-9)10-4-5-15-16(10)2/h4-8,11,14H,3H2,1-2H3. The molecule has 2 aromatic rings. The topological polar surface area (TPSA) is 55.6 Å². The third-order valence-corrected chi connectivity index (χ3v) is 2.48. The van der Waals surface area contributed by atoms with Crippen LogP contribution in [0.1, 0.15) is 24.2 Å². The lowest BCUT2D eigenvalue weighted by atomic mass is 10.1. The van der Waals surface area contributed by atoms with Gasteiger partial charge in [0.2, 0.25) is 0 Å². The molecule has 2 rings (SSSR count). The number of nitrogens with one attached hydrogen (secondary N) is 1. The average molecular weight is 217 g/mol. The number of hydrogen-bond donors (Lipinski definition) is 1. The van der Waals surface area contributed by atoms with Gasteiger partial charge in [0.05, 0.1) is 11.7 Å². The zero-order valence-corrected chi connectivity index (χ0v) is 9.46. The molecule has 0 saturated carbocycles. The van der Waals surface area contributed by atoms with Crippen molar-refractivity contribution in [1.82, 2.24) is 25.1 Å². The first-order chi connectivity index (χ1) is 7.83. The van der Waals surface area contributed by atoms with Crippen LogP contribution in [0, 0.1) is 0 Å². The van der Waals surface area contributed by atoms with Crippen molar-refractivity contribution in [2.24, 2.45) is 7.05 Å². The van der Waals surface area contributed by atoms with E-state index in [9.17, 15) is 0 Å². The number of aromatic nitrogens is 4. The van der Waals surface area contributed by atoms with Gasteiger partial charge in [0, 0.05) is 31.2 Å². The molecular formula is C11H15N5. The van der Waals surface area contributed by atoms with Crippen LogP contribution >= 0.6 is 0 Å². The van der Waals surface area contributed by atoms with E-state index in [0.717, 1.165) is 17.8 Å². The maximum Gasteiger partial charge on any atom is 0.115 e. The highest BCUT2D eigenvalue weighted by Gasteiger charge is 2.16. The van der Waals surface area contributed by atoms with E-state index in [1.165, 1.54) is 6.33 Å². The molecule has 0 radical (unpaired) electrons. The molecule has 0 aromatic carbocycles. The quantitative estimate of drug-likeness (QED) is 0.827. The van der Waals surface area contributed by atoms with Gasteiger partial charge in [-0.3, -0.25) is 4.68 Å². The molecule has 0 saturated heterocycles. The molecule has 1 N–H and O–H groups in total. The fourth-order valence-electron chi connectivity index (χ4n) is 1.72. The van der Waals surface area contributed by atoms with Gasteiger partial charge in [-0.1, -0.05) is 6.92 Å². The molecule has 5 nitrogen and oxygen atoms in total. The highest BCUT2D eigenvalue weighted by molar-refractivity contribution is 5.22. The van der Waals surface area contributed by atoms with Crippen molar-refractivity contribution in [3.8, 4) is 0 Å². The largest absolute Gasteiger partial charge is 0.305 e. The van der Waals surface area contributed by atoms with E-state index < -0.39 is 0 Å². The summed E-state index contributed by atoms with van der Waals surface area (Å²) in [5.41, 5.74) is 2.16. The SMILES string of the molecule is CCNC(c1cncnc1)c1ccnn1C. The van der Waals surface area contributed by atoms with Crippen molar-refractivity contribution in [3.63, 3.8) is 0 Å². The monoisotopic (exact) mass is 217 g/mol. The summed E-state index contributed by atoms with van der Waals surface area (Å²) >= 11 is 0. The summed E-state index contributed by atoms with van der Waals surface area (Å²) in [6.45, 7) is 2.96. The van der Waals surface area contributed by atoms with Gasteiger partial charge in [0.25, 0.3) is 0 Å². The number of aryl methyl sites for hydroxylation is 1. The Morgan fingerprint density at radius 1 is 1.38 bits per heavy atom. The van der Waals surface area contributed by atoms with Crippen molar-refractivity contribution in [3.05, 3.63) is 42.2 Å². The lowest BCUT2D eigenvalue weighted by Crippen LogP contribution is -2.24. The van der Waals surface area contributed by atoms with Gasteiger partial charge in [-0.2, -0.15) is 5.10 Å². The molecule has 0 aliphatic carbocycles. The third kappa shape index (κ3) is 2.09. The Hall–Kier alpha value is -1.75. The van der Waals surface area contributed by atoms with E-state index in [-0.39, 0.29) is 6.04 Å². The predicted molar refractivity (Wildman–Crippen MR) is 60.8 cm³/mol. The van der Waals surface area contributed by atoms with Crippen LogP contribution in [0.5, 0.6) is 0 Å². The molecule has 0 aliphatic heterocycles. The first-order valence-corrected chi connectivity index (χ1v) is 5.29. The van der Waals surface area contributed by atoms with Crippen molar-refractivity contribution < 1.29 is 0 Å². The molecule has 1 unspecified atom stereocenters. The van der Waals surface area contributed by atoms with Gasteiger partial charge in [-0.15, -0.1) is 0 Å². The van der Waals surface area contributed by atoms with Crippen LogP contribution in [-0.4, -0.2) is 26.3 Å². The summed E-state index contributed by atoms with van der Waals surface area (Å²) in [5.74, 6) is 0. The minimum atomic E-state index is 0.0960. The van der Waals surface area contributed by atoms with Crippen LogP contribution in [0.3, 0.4) is 0 Å². The Bertz CT molecular complexity index is 437. The predicted octanol–water partition coefficient (Wildman–Crippen LogP) is 0.909. The molecule has 0 aliphatic rings. The molecule has 2 heterocycles. The zero-order chi connectivity index (χ0) is 11.4. The maximum absolute atomic E-state index is 4.18. The summed E-state index contributed by atoms with van der Waals surface area (Å²) in [6.07, 6.45) is 6.99. The number of nitrogens with zero attached hydrogens (tertiary/aromatic N) is 4. The van der Waals surface area contributed by atoms with Crippen LogP contribution in [0.2, 0.25) is 0 Å². The second-order valence-electron chi connectivity index (χ2n) is 3.54. The molecule has 0 spiro atoms. The first-order valence-electron chi connectivity index (χ1n) is 5.29. The Balaban J connectivity index is 2.35. The zero-order valence-electron chi connectivity index (χ0n) is 9.46. The lowest BCUT2D eigenvalue weighted by molar-refractivity contribution is 0.569. The van der Waals surface area contributed by atoms with Gasteiger partial charge in [0.1, 0.15) is 6.33 Å². The smallest absolute Gasteiger partial charge is 0.115 e. The Kier molecular flexibility index (Phi) is 3.26. The van der Waals surface area contributed by atoms with Gasteiger partial charge >= 0.3 is 0 Å². The first kappa shape index (κ1) is 10.8. The summed E-state index contributed by atoms with van der Waals surface area (Å²) in [6, 6.07) is 2.10. The van der Waals surface area contributed by atoms with Gasteiger partial charge in [-0.05, 0) is 12.6 Å². The van der Waals surface area contributed by atoms with Gasteiger partial charge < -0.3 is 5.32 Å². The fourth-order valence-corrected chi connectivity index (χ4v) is 1.72. The Morgan fingerprint density at radius 2 is 2.12 bits per heavy atom. The van der Waals surface area contributed by atoms with Crippen molar-refractivity contribution in [2.45, 2.75) is 13.0 Å². The molecule has 0 amide bonds. The van der Waals surface area contributed by atoms with Crippen molar-refractivity contribution in [2.75, 3.05) is 6.54 Å². The van der Waals surface area contributed by atoms with Crippen molar-refractivity contribution >= 4 is 0 Å². The highest BCUT2D eigenvalue weighted by atomic mass is 15.3. The van der Waals surface area contributed by atoms with Crippen LogP contribution < -0.4 is 5.32 Å². The molecular weight excluding hydrogens is 202 g/mol. The number of hydrogen-bond acceptors (Lipinski definition) is 4. The fraction of sp³-hybridized carbons (Fsp3) is 0.364. The lowest BCUT2D eigenvalue weighted by Gasteiger charge is -2.17. The van der Waals surface area contributed by atoms with Crippen LogP contribution in [0.4, 0.5) is 0 Å². The Morgan fingerprint density at radius 3 is 2.69 bits per heavy atom. The molecule has 1 atom stereocenters. The third-order valence-electron chi connectivity index (χ3n) is 2.48.